The molecular weight excluding hydrogens is 276 g/mol. The Labute approximate surface area is 129 Å². The van der Waals surface area contributed by atoms with Gasteiger partial charge in [-0.3, -0.25) is 0 Å². The number of benzene rings is 1. The molecule has 0 saturated heterocycles. The molecule has 22 heavy (non-hydrogen) atoms. The molecule has 0 aliphatic heterocycles. The fourth-order valence-corrected chi connectivity index (χ4v) is 2.76. The fraction of sp³-hybridized carbons (Fsp3) is 0.294. The minimum atomic E-state index is 0.652. The number of rotatable bonds is 5. The zero-order valence-corrected chi connectivity index (χ0v) is 12.5. The maximum atomic E-state index is 5.41. The highest BCUT2D eigenvalue weighted by Gasteiger charge is 2.25. The van der Waals surface area contributed by atoms with Crippen LogP contribution in [0.15, 0.2) is 47.5 Å². The number of aromatic nitrogens is 3. The quantitative estimate of drug-likeness (QED) is 0.777. The molecule has 1 aliphatic carbocycles. The molecule has 0 unspecified atom stereocenters. The van der Waals surface area contributed by atoms with E-state index in [1.165, 1.54) is 12.8 Å². The summed E-state index contributed by atoms with van der Waals surface area (Å²) in [7, 11) is 0. The van der Waals surface area contributed by atoms with Crippen molar-refractivity contribution in [3.05, 3.63) is 54.4 Å². The Kier molecular flexibility index (Phi) is 3.18. The van der Waals surface area contributed by atoms with E-state index in [-0.39, 0.29) is 0 Å². The summed E-state index contributed by atoms with van der Waals surface area (Å²) in [4.78, 5) is 8.70. The number of nitrogens with zero attached hydrogens (tertiary/aromatic N) is 3. The highest BCUT2D eigenvalue weighted by Crippen LogP contribution is 2.35. The van der Waals surface area contributed by atoms with E-state index in [0.717, 1.165) is 29.2 Å². The predicted molar refractivity (Wildman–Crippen MR) is 84.5 cm³/mol. The van der Waals surface area contributed by atoms with Gasteiger partial charge in [-0.05, 0) is 37.5 Å². The summed E-state index contributed by atoms with van der Waals surface area (Å²) in [5.41, 5.74) is 3.23. The minimum absolute atomic E-state index is 0.652. The van der Waals surface area contributed by atoms with Crippen LogP contribution in [-0.4, -0.2) is 14.5 Å². The molecule has 1 aliphatic rings. The molecule has 2 heterocycles. The van der Waals surface area contributed by atoms with Gasteiger partial charge in [-0.1, -0.05) is 6.07 Å². The highest BCUT2D eigenvalue weighted by atomic mass is 16.3. The van der Waals surface area contributed by atoms with E-state index in [1.54, 1.807) is 12.5 Å². The molecule has 4 rings (SSSR count). The van der Waals surface area contributed by atoms with Crippen molar-refractivity contribution in [2.45, 2.75) is 32.4 Å². The molecule has 1 fully saturated rings. The van der Waals surface area contributed by atoms with E-state index < -0.39 is 0 Å². The Balaban J connectivity index is 1.56. The van der Waals surface area contributed by atoms with Gasteiger partial charge in [0.25, 0.3) is 0 Å². The first-order chi connectivity index (χ1) is 10.8. The van der Waals surface area contributed by atoms with E-state index in [1.807, 2.05) is 18.3 Å². The molecule has 0 radical (unpaired) electrons. The molecule has 3 aromatic rings. The third-order valence-corrected chi connectivity index (χ3v) is 4.12. The SMILES string of the molecule is Cc1c(NCc2nccn2C2CC2)cccc1-c1ncco1. The van der Waals surface area contributed by atoms with Crippen LogP contribution in [0.5, 0.6) is 0 Å². The number of nitrogens with one attached hydrogen (secondary N) is 1. The molecule has 1 aromatic carbocycles. The fourth-order valence-electron chi connectivity index (χ4n) is 2.76. The van der Waals surface area contributed by atoms with Gasteiger partial charge in [0.1, 0.15) is 12.1 Å². The Morgan fingerprint density at radius 3 is 2.95 bits per heavy atom. The van der Waals surface area contributed by atoms with Crippen LogP contribution < -0.4 is 5.32 Å². The van der Waals surface area contributed by atoms with Crippen molar-refractivity contribution in [3.63, 3.8) is 0 Å². The average molecular weight is 294 g/mol. The van der Waals surface area contributed by atoms with Crippen molar-refractivity contribution in [2.24, 2.45) is 0 Å². The number of anilines is 1. The zero-order chi connectivity index (χ0) is 14.9. The first-order valence-electron chi connectivity index (χ1n) is 7.58. The van der Waals surface area contributed by atoms with Crippen molar-refractivity contribution < 1.29 is 4.42 Å². The number of hydrogen-bond donors (Lipinski definition) is 1. The number of imidazole rings is 1. The second-order valence-electron chi connectivity index (χ2n) is 5.65. The summed E-state index contributed by atoms with van der Waals surface area (Å²) in [5, 5.41) is 3.49. The van der Waals surface area contributed by atoms with E-state index in [4.69, 9.17) is 4.42 Å². The van der Waals surface area contributed by atoms with Crippen LogP contribution in [0.2, 0.25) is 0 Å². The van der Waals surface area contributed by atoms with Crippen LogP contribution >= 0.6 is 0 Å². The summed E-state index contributed by atoms with van der Waals surface area (Å²) in [5.74, 6) is 1.74. The van der Waals surface area contributed by atoms with Gasteiger partial charge in [0, 0.05) is 29.7 Å². The van der Waals surface area contributed by atoms with Gasteiger partial charge in [0.05, 0.1) is 12.7 Å². The first kappa shape index (κ1) is 13.1. The molecule has 1 saturated carbocycles. The normalized spacial score (nSPS) is 14.2. The monoisotopic (exact) mass is 294 g/mol. The van der Waals surface area contributed by atoms with Crippen molar-refractivity contribution in [2.75, 3.05) is 5.32 Å². The van der Waals surface area contributed by atoms with Gasteiger partial charge in [0.15, 0.2) is 0 Å². The van der Waals surface area contributed by atoms with Gasteiger partial charge in [-0.2, -0.15) is 0 Å². The number of oxazole rings is 1. The molecular formula is C17H18N4O. The van der Waals surface area contributed by atoms with Crippen LogP contribution in [0.1, 0.15) is 30.3 Å². The van der Waals surface area contributed by atoms with Crippen molar-refractivity contribution in [1.29, 1.82) is 0 Å². The molecule has 5 heteroatoms. The Morgan fingerprint density at radius 2 is 2.18 bits per heavy atom. The van der Waals surface area contributed by atoms with E-state index in [0.29, 0.717) is 11.9 Å². The largest absolute Gasteiger partial charge is 0.445 e. The molecule has 112 valence electrons. The molecule has 1 N–H and O–H groups in total. The Morgan fingerprint density at radius 1 is 1.27 bits per heavy atom. The van der Waals surface area contributed by atoms with Gasteiger partial charge < -0.3 is 14.3 Å². The lowest BCUT2D eigenvalue weighted by Crippen LogP contribution is -2.08. The van der Waals surface area contributed by atoms with Crippen molar-refractivity contribution in [1.82, 2.24) is 14.5 Å². The maximum absolute atomic E-state index is 5.41. The number of hydrogen-bond acceptors (Lipinski definition) is 4. The molecule has 0 spiro atoms. The van der Waals surface area contributed by atoms with Crippen LogP contribution in [0.4, 0.5) is 5.69 Å². The van der Waals surface area contributed by atoms with Crippen LogP contribution in [0.25, 0.3) is 11.5 Å². The molecule has 0 atom stereocenters. The standard InChI is InChI=1S/C17H18N4O/c1-12-14(17-19-8-10-22-17)3-2-4-15(12)20-11-16-18-7-9-21(16)13-5-6-13/h2-4,7-10,13,20H,5-6,11H2,1H3. The molecule has 2 aromatic heterocycles. The zero-order valence-electron chi connectivity index (χ0n) is 12.5. The van der Waals surface area contributed by atoms with Crippen LogP contribution in [0.3, 0.4) is 0 Å². The molecule has 0 bridgehead atoms. The van der Waals surface area contributed by atoms with E-state index in [2.05, 4.69) is 39.0 Å². The Bertz CT molecular complexity index is 772. The summed E-state index contributed by atoms with van der Waals surface area (Å²) in [6, 6.07) is 6.77. The smallest absolute Gasteiger partial charge is 0.226 e. The highest BCUT2D eigenvalue weighted by molar-refractivity contribution is 5.68. The lowest BCUT2D eigenvalue weighted by molar-refractivity contribution is 0.574. The third-order valence-electron chi connectivity index (χ3n) is 4.12. The van der Waals surface area contributed by atoms with Crippen LogP contribution in [0, 0.1) is 6.92 Å². The van der Waals surface area contributed by atoms with Crippen molar-refractivity contribution in [3.8, 4) is 11.5 Å². The molecule has 5 nitrogen and oxygen atoms in total. The minimum Gasteiger partial charge on any atom is -0.445 e. The summed E-state index contributed by atoms with van der Waals surface area (Å²) in [6.45, 7) is 2.80. The van der Waals surface area contributed by atoms with Gasteiger partial charge in [-0.15, -0.1) is 0 Å². The average Bonchev–Trinajstić information content (AvgIpc) is 3.03. The van der Waals surface area contributed by atoms with E-state index in [9.17, 15) is 0 Å². The topological polar surface area (TPSA) is 55.9 Å². The lowest BCUT2D eigenvalue weighted by Gasteiger charge is -2.12. The summed E-state index contributed by atoms with van der Waals surface area (Å²) < 4.78 is 7.69. The third kappa shape index (κ3) is 2.39. The summed E-state index contributed by atoms with van der Waals surface area (Å²) >= 11 is 0. The molecule has 0 amide bonds. The lowest BCUT2D eigenvalue weighted by atomic mass is 10.1. The predicted octanol–water partition coefficient (Wildman–Crippen LogP) is 3.79. The van der Waals surface area contributed by atoms with Gasteiger partial charge in [-0.25, -0.2) is 9.97 Å². The summed E-state index contributed by atoms with van der Waals surface area (Å²) in [6.07, 6.45) is 9.75. The van der Waals surface area contributed by atoms with Gasteiger partial charge in [0.2, 0.25) is 5.89 Å². The van der Waals surface area contributed by atoms with Crippen LogP contribution in [-0.2, 0) is 6.54 Å². The van der Waals surface area contributed by atoms with E-state index >= 15 is 0 Å². The second kappa shape index (κ2) is 5.33. The Hall–Kier alpha value is -2.56. The second-order valence-corrected chi connectivity index (χ2v) is 5.65. The first-order valence-corrected chi connectivity index (χ1v) is 7.58. The van der Waals surface area contributed by atoms with Gasteiger partial charge >= 0.3 is 0 Å². The maximum Gasteiger partial charge on any atom is 0.226 e. The van der Waals surface area contributed by atoms with Crippen molar-refractivity contribution >= 4 is 5.69 Å².